The third kappa shape index (κ3) is 4.75. The lowest BCUT2D eigenvalue weighted by atomic mass is 10.1. The number of hydrogen-bond donors (Lipinski definition) is 1. The SMILES string of the molecule is CN1CCC(Nc2ccc(Br)cc2Sc2ccccc2Br)CC1. The van der Waals surface area contributed by atoms with Crippen LogP contribution in [-0.4, -0.2) is 31.1 Å². The molecule has 0 aromatic heterocycles. The van der Waals surface area contributed by atoms with Gasteiger partial charge in [0, 0.05) is 30.5 Å². The van der Waals surface area contributed by atoms with Crippen molar-refractivity contribution >= 4 is 49.3 Å². The lowest BCUT2D eigenvalue weighted by Gasteiger charge is -2.30. The molecule has 2 aromatic rings. The molecule has 0 spiro atoms. The van der Waals surface area contributed by atoms with Gasteiger partial charge in [-0.05, 0) is 79.2 Å². The Balaban J connectivity index is 1.79. The Morgan fingerprint density at radius 3 is 2.52 bits per heavy atom. The molecule has 0 unspecified atom stereocenters. The van der Waals surface area contributed by atoms with E-state index in [0.29, 0.717) is 6.04 Å². The zero-order valence-electron chi connectivity index (χ0n) is 13.1. The van der Waals surface area contributed by atoms with Gasteiger partial charge in [-0.25, -0.2) is 0 Å². The molecule has 23 heavy (non-hydrogen) atoms. The van der Waals surface area contributed by atoms with Gasteiger partial charge in [-0.1, -0.05) is 39.8 Å². The summed E-state index contributed by atoms with van der Waals surface area (Å²) in [6.45, 7) is 2.34. The number of nitrogens with one attached hydrogen (secondary N) is 1. The van der Waals surface area contributed by atoms with Crippen LogP contribution in [0.4, 0.5) is 5.69 Å². The van der Waals surface area contributed by atoms with E-state index >= 15 is 0 Å². The predicted octanol–water partition coefficient (Wildman–Crippen LogP) is 5.87. The average Bonchev–Trinajstić information content (AvgIpc) is 2.54. The molecule has 1 aliphatic rings. The van der Waals surface area contributed by atoms with E-state index in [-0.39, 0.29) is 0 Å². The van der Waals surface area contributed by atoms with E-state index < -0.39 is 0 Å². The van der Waals surface area contributed by atoms with Crippen molar-refractivity contribution in [1.29, 1.82) is 0 Å². The van der Waals surface area contributed by atoms with Gasteiger partial charge in [0.25, 0.3) is 0 Å². The Kier molecular flexibility index (Phi) is 6.07. The van der Waals surface area contributed by atoms with Crippen LogP contribution in [0.2, 0.25) is 0 Å². The third-order valence-electron chi connectivity index (χ3n) is 4.08. The van der Waals surface area contributed by atoms with E-state index in [1.54, 1.807) is 11.8 Å². The largest absolute Gasteiger partial charge is 0.381 e. The van der Waals surface area contributed by atoms with Gasteiger partial charge in [0.05, 0.1) is 0 Å². The highest BCUT2D eigenvalue weighted by Gasteiger charge is 2.18. The van der Waals surface area contributed by atoms with Gasteiger partial charge in [-0.15, -0.1) is 0 Å². The van der Waals surface area contributed by atoms with Crippen molar-refractivity contribution in [3.63, 3.8) is 0 Å². The molecule has 0 saturated carbocycles. The van der Waals surface area contributed by atoms with Gasteiger partial charge in [0.1, 0.15) is 0 Å². The van der Waals surface area contributed by atoms with Crippen LogP contribution < -0.4 is 5.32 Å². The second-order valence-corrected chi connectivity index (χ2v) is 8.75. The van der Waals surface area contributed by atoms with Crippen LogP contribution >= 0.6 is 43.6 Å². The van der Waals surface area contributed by atoms with E-state index in [4.69, 9.17) is 0 Å². The molecule has 3 rings (SSSR count). The molecular formula is C18H20Br2N2S. The first-order valence-electron chi connectivity index (χ1n) is 7.79. The first-order chi connectivity index (χ1) is 11.1. The Bertz CT molecular complexity index is 670. The summed E-state index contributed by atoms with van der Waals surface area (Å²) in [6, 6.07) is 15.4. The monoisotopic (exact) mass is 454 g/mol. The summed E-state index contributed by atoms with van der Waals surface area (Å²) in [5.41, 5.74) is 1.23. The highest BCUT2D eigenvalue weighted by Crippen LogP contribution is 2.39. The van der Waals surface area contributed by atoms with Crippen molar-refractivity contribution in [2.45, 2.75) is 28.7 Å². The first-order valence-corrected chi connectivity index (χ1v) is 10.2. The second-order valence-electron chi connectivity index (χ2n) is 5.89. The zero-order valence-corrected chi connectivity index (χ0v) is 17.0. The van der Waals surface area contributed by atoms with Gasteiger partial charge in [0.15, 0.2) is 0 Å². The Morgan fingerprint density at radius 1 is 1.04 bits per heavy atom. The van der Waals surface area contributed by atoms with Gasteiger partial charge in [-0.3, -0.25) is 0 Å². The van der Waals surface area contributed by atoms with E-state index in [1.807, 2.05) is 6.07 Å². The topological polar surface area (TPSA) is 15.3 Å². The number of hydrogen-bond acceptors (Lipinski definition) is 3. The molecule has 1 saturated heterocycles. The van der Waals surface area contributed by atoms with Crippen molar-refractivity contribution in [2.24, 2.45) is 0 Å². The van der Waals surface area contributed by atoms with Gasteiger partial charge >= 0.3 is 0 Å². The number of piperidine rings is 1. The van der Waals surface area contributed by atoms with E-state index in [0.717, 1.165) is 8.95 Å². The molecule has 1 fully saturated rings. The predicted molar refractivity (Wildman–Crippen MR) is 107 cm³/mol. The highest BCUT2D eigenvalue weighted by molar-refractivity contribution is 9.10. The molecule has 0 atom stereocenters. The van der Waals surface area contributed by atoms with Gasteiger partial charge < -0.3 is 10.2 Å². The smallest absolute Gasteiger partial charge is 0.0484 e. The van der Waals surface area contributed by atoms with E-state index in [9.17, 15) is 0 Å². The summed E-state index contributed by atoms with van der Waals surface area (Å²) in [5, 5.41) is 3.75. The molecule has 5 heteroatoms. The summed E-state index contributed by atoms with van der Waals surface area (Å²) < 4.78 is 2.25. The van der Waals surface area contributed by atoms with Crippen LogP contribution in [0, 0.1) is 0 Å². The Morgan fingerprint density at radius 2 is 1.78 bits per heavy atom. The number of rotatable bonds is 4. The summed E-state index contributed by atoms with van der Waals surface area (Å²) in [7, 11) is 2.20. The van der Waals surface area contributed by atoms with E-state index in [1.165, 1.54) is 41.4 Å². The summed E-state index contributed by atoms with van der Waals surface area (Å²) in [6.07, 6.45) is 2.40. The van der Waals surface area contributed by atoms with Crippen molar-refractivity contribution in [2.75, 3.05) is 25.5 Å². The molecule has 0 aliphatic carbocycles. The quantitative estimate of drug-likeness (QED) is 0.620. The number of anilines is 1. The van der Waals surface area contributed by atoms with E-state index in [2.05, 4.69) is 85.5 Å². The number of likely N-dealkylation sites (tertiary alicyclic amines) is 1. The van der Waals surface area contributed by atoms with Crippen molar-refractivity contribution < 1.29 is 0 Å². The minimum absolute atomic E-state index is 0.561. The van der Waals surface area contributed by atoms with Crippen LogP contribution in [-0.2, 0) is 0 Å². The fourth-order valence-electron chi connectivity index (χ4n) is 2.72. The van der Waals surface area contributed by atoms with Crippen molar-refractivity contribution in [3.8, 4) is 0 Å². The molecule has 1 N–H and O–H groups in total. The third-order valence-corrected chi connectivity index (χ3v) is 6.66. The van der Waals surface area contributed by atoms with Crippen molar-refractivity contribution in [3.05, 3.63) is 51.4 Å². The van der Waals surface area contributed by atoms with Crippen LogP contribution in [0.1, 0.15) is 12.8 Å². The standard InChI is InChI=1S/C18H20Br2N2S/c1-22-10-8-14(9-11-22)21-16-7-6-13(19)12-18(16)23-17-5-3-2-4-15(17)20/h2-7,12,14,21H,8-11H2,1H3. The van der Waals surface area contributed by atoms with Crippen molar-refractivity contribution in [1.82, 2.24) is 4.90 Å². The minimum atomic E-state index is 0.561. The summed E-state index contributed by atoms with van der Waals surface area (Å²) >= 11 is 9.04. The molecular weight excluding hydrogens is 436 g/mol. The average molecular weight is 456 g/mol. The molecule has 0 bridgehead atoms. The molecule has 1 heterocycles. The molecule has 2 nitrogen and oxygen atoms in total. The minimum Gasteiger partial charge on any atom is -0.381 e. The van der Waals surface area contributed by atoms with Crippen LogP contribution in [0.15, 0.2) is 61.2 Å². The summed E-state index contributed by atoms with van der Waals surface area (Å²) in [5.74, 6) is 0. The number of halogens is 2. The number of benzene rings is 2. The highest BCUT2D eigenvalue weighted by atomic mass is 79.9. The lowest BCUT2D eigenvalue weighted by Crippen LogP contribution is -2.36. The normalized spacial score (nSPS) is 16.5. The Hall–Kier alpha value is -0.490. The van der Waals surface area contributed by atoms with Crippen LogP contribution in [0.25, 0.3) is 0 Å². The number of nitrogens with zero attached hydrogens (tertiary/aromatic N) is 1. The van der Waals surface area contributed by atoms with Crippen LogP contribution in [0.5, 0.6) is 0 Å². The summed E-state index contributed by atoms with van der Waals surface area (Å²) in [4.78, 5) is 4.89. The first kappa shape index (κ1) is 17.3. The second kappa shape index (κ2) is 8.06. The van der Waals surface area contributed by atoms with Gasteiger partial charge in [-0.2, -0.15) is 0 Å². The molecule has 122 valence electrons. The fourth-order valence-corrected chi connectivity index (χ4v) is 4.73. The maximum atomic E-state index is 3.75. The maximum Gasteiger partial charge on any atom is 0.0484 e. The zero-order chi connectivity index (χ0) is 16.2. The molecule has 1 aliphatic heterocycles. The maximum absolute atomic E-state index is 3.75. The Labute approximate surface area is 159 Å². The molecule has 0 amide bonds. The van der Waals surface area contributed by atoms with Crippen LogP contribution in [0.3, 0.4) is 0 Å². The molecule has 2 aromatic carbocycles. The fraction of sp³-hybridized carbons (Fsp3) is 0.333. The lowest BCUT2D eigenvalue weighted by molar-refractivity contribution is 0.264. The molecule has 0 radical (unpaired) electrons. The van der Waals surface area contributed by atoms with Gasteiger partial charge in [0.2, 0.25) is 0 Å².